The van der Waals surface area contributed by atoms with Gasteiger partial charge in [0.15, 0.2) is 5.88 Å². The van der Waals surface area contributed by atoms with E-state index in [1.807, 2.05) is 13.8 Å². The van der Waals surface area contributed by atoms with Gasteiger partial charge in [0.05, 0.1) is 0 Å². The molecule has 0 fully saturated rings. The second-order valence-electron chi connectivity index (χ2n) is 4.70. The third kappa shape index (κ3) is 11.5. The quantitative estimate of drug-likeness (QED) is 0.407. The molecule has 0 aromatic rings. The second kappa shape index (κ2) is 10.4. The Balaban J connectivity index is 3.17. The van der Waals surface area contributed by atoms with Crippen LogP contribution in [0.25, 0.3) is 0 Å². The number of allylic oxidation sites excluding steroid dienone is 1. The molecule has 0 bridgehead atoms. The summed E-state index contributed by atoms with van der Waals surface area (Å²) in [7, 11) is 0. The molecule has 0 aliphatic carbocycles. The highest BCUT2D eigenvalue weighted by Gasteiger charge is 1.95. The Bertz CT molecular complexity index is 211. The Kier molecular flexibility index (Phi) is 9.96. The van der Waals surface area contributed by atoms with Crippen molar-refractivity contribution < 1.29 is 9.84 Å². The fraction of sp³-hybridized carbons (Fsp3) is 0.846. The molecule has 0 saturated heterocycles. The highest BCUT2D eigenvalue weighted by molar-refractivity contribution is 4.98. The van der Waals surface area contributed by atoms with Gasteiger partial charge in [-0.1, -0.05) is 13.8 Å². The number of aliphatic hydroxyl groups is 1. The van der Waals surface area contributed by atoms with Gasteiger partial charge in [-0.2, -0.15) is 0 Å². The minimum atomic E-state index is 0.283. The molecule has 0 radical (unpaired) electrons. The zero-order chi connectivity index (χ0) is 13.1. The molecule has 0 rings (SSSR count). The number of aliphatic hydroxyl groups excluding tert-OH is 1. The van der Waals surface area contributed by atoms with Gasteiger partial charge in [0.2, 0.25) is 0 Å². The van der Waals surface area contributed by atoms with Crippen LogP contribution in [0, 0.1) is 0 Å². The zero-order valence-electron chi connectivity index (χ0n) is 11.7. The molecular weight excluding hydrogens is 216 g/mol. The third-order valence-electron chi connectivity index (χ3n) is 2.25. The lowest BCUT2D eigenvalue weighted by Crippen LogP contribution is -2.24. The van der Waals surface area contributed by atoms with Crippen LogP contribution in [0.15, 0.2) is 11.5 Å². The molecule has 17 heavy (non-hydrogen) atoms. The SMILES string of the molecule is CC(C)=C(O)NCCCOCCCNC(C)C. The average Bonchev–Trinajstić information content (AvgIpc) is 2.25. The third-order valence-corrected chi connectivity index (χ3v) is 2.25. The zero-order valence-corrected chi connectivity index (χ0v) is 11.7. The van der Waals surface area contributed by atoms with Crippen LogP contribution in [0.5, 0.6) is 0 Å². The van der Waals surface area contributed by atoms with Crippen LogP contribution in [0.2, 0.25) is 0 Å². The molecule has 0 aliphatic rings. The lowest BCUT2D eigenvalue weighted by molar-refractivity contribution is 0.128. The van der Waals surface area contributed by atoms with Gasteiger partial charge in [-0.3, -0.25) is 0 Å². The van der Waals surface area contributed by atoms with E-state index in [1.165, 1.54) is 0 Å². The van der Waals surface area contributed by atoms with Gasteiger partial charge in [0.25, 0.3) is 0 Å². The van der Waals surface area contributed by atoms with Crippen molar-refractivity contribution in [3.05, 3.63) is 11.5 Å². The Hall–Kier alpha value is -0.740. The summed E-state index contributed by atoms with van der Waals surface area (Å²) >= 11 is 0. The molecule has 102 valence electrons. The largest absolute Gasteiger partial charge is 0.495 e. The summed E-state index contributed by atoms with van der Waals surface area (Å²) in [6.45, 7) is 11.3. The van der Waals surface area contributed by atoms with Crippen LogP contribution in [-0.2, 0) is 4.74 Å². The lowest BCUT2D eigenvalue weighted by Gasteiger charge is -2.09. The number of ether oxygens (including phenoxy) is 1. The topological polar surface area (TPSA) is 53.5 Å². The fourth-order valence-corrected chi connectivity index (χ4v) is 1.22. The minimum Gasteiger partial charge on any atom is -0.495 e. The van der Waals surface area contributed by atoms with Gasteiger partial charge in [-0.15, -0.1) is 0 Å². The van der Waals surface area contributed by atoms with Crippen molar-refractivity contribution in [1.29, 1.82) is 0 Å². The van der Waals surface area contributed by atoms with E-state index in [4.69, 9.17) is 4.74 Å². The van der Waals surface area contributed by atoms with Gasteiger partial charge < -0.3 is 20.5 Å². The van der Waals surface area contributed by atoms with Crippen molar-refractivity contribution in [3.8, 4) is 0 Å². The fourth-order valence-electron chi connectivity index (χ4n) is 1.22. The van der Waals surface area contributed by atoms with Crippen LogP contribution in [0.1, 0.15) is 40.5 Å². The molecule has 0 aromatic heterocycles. The summed E-state index contributed by atoms with van der Waals surface area (Å²) in [6.07, 6.45) is 1.96. The first-order valence-corrected chi connectivity index (χ1v) is 6.45. The molecule has 4 heteroatoms. The second-order valence-corrected chi connectivity index (χ2v) is 4.70. The number of nitrogens with one attached hydrogen (secondary N) is 2. The molecule has 0 spiro atoms. The number of rotatable bonds is 10. The monoisotopic (exact) mass is 244 g/mol. The number of hydrogen-bond donors (Lipinski definition) is 3. The summed E-state index contributed by atoms with van der Waals surface area (Å²) in [5.74, 6) is 0.283. The predicted octanol–water partition coefficient (Wildman–Crippen LogP) is 2.18. The molecule has 0 saturated carbocycles. The van der Waals surface area contributed by atoms with E-state index in [2.05, 4.69) is 24.5 Å². The van der Waals surface area contributed by atoms with Crippen molar-refractivity contribution in [3.63, 3.8) is 0 Å². The Morgan fingerprint density at radius 1 is 1.12 bits per heavy atom. The Morgan fingerprint density at radius 2 is 1.71 bits per heavy atom. The van der Waals surface area contributed by atoms with Gasteiger partial charge in [-0.25, -0.2) is 0 Å². The summed E-state index contributed by atoms with van der Waals surface area (Å²) in [5, 5.41) is 15.7. The van der Waals surface area contributed by atoms with E-state index >= 15 is 0 Å². The van der Waals surface area contributed by atoms with Crippen molar-refractivity contribution in [2.45, 2.75) is 46.6 Å². The highest BCUT2D eigenvalue weighted by Crippen LogP contribution is 1.94. The molecule has 0 aliphatic heterocycles. The highest BCUT2D eigenvalue weighted by atomic mass is 16.5. The molecule has 0 atom stereocenters. The maximum Gasteiger partial charge on any atom is 0.182 e. The smallest absolute Gasteiger partial charge is 0.182 e. The standard InChI is InChI=1S/C13H28N2O2/c1-11(2)13(16)15-8-6-10-17-9-5-7-14-12(3)4/h12,14-16H,5-10H2,1-4H3. The van der Waals surface area contributed by atoms with E-state index in [1.54, 1.807) is 0 Å². The van der Waals surface area contributed by atoms with Gasteiger partial charge in [0.1, 0.15) is 0 Å². The van der Waals surface area contributed by atoms with Crippen molar-refractivity contribution >= 4 is 0 Å². The van der Waals surface area contributed by atoms with Crippen LogP contribution < -0.4 is 10.6 Å². The van der Waals surface area contributed by atoms with Crippen LogP contribution in [-0.4, -0.2) is 37.5 Å². The normalized spacial score (nSPS) is 10.6. The molecule has 0 heterocycles. The summed E-state index contributed by atoms with van der Waals surface area (Å²) < 4.78 is 5.48. The summed E-state index contributed by atoms with van der Waals surface area (Å²) in [6, 6.07) is 0.547. The first-order chi connectivity index (χ1) is 8.04. The van der Waals surface area contributed by atoms with E-state index in [9.17, 15) is 5.11 Å². The minimum absolute atomic E-state index is 0.283. The molecule has 0 amide bonds. The van der Waals surface area contributed by atoms with E-state index in [0.29, 0.717) is 6.04 Å². The first kappa shape index (κ1) is 16.3. The lowest BCUT2D eigenvalue weighted by atomic mass is 10.3. The maximum atomic E-state index is 9.37. The maximum absolute atomic E-state index is 9.37. The van der Waals surface area contributed by atoms with Crippen molar-refractivity contribution in [2.75, 3.05) is 26.3 Å². The van der Waals surface area contributed by atoms with Crippen LogP contribution >= 0.6 is 0 Å². The summed E-state index contributed by atoms with van der Waals surface area (Å²) in [4.78, 5) is 0. The van der Waals surface area contributed by atoms with E-state index in [-0.39, 0.29) is 5.88 Å². The molecule has 4 nitrogen and oxygen atoms in total. The van der Waals surface area contributed by atoms with Gasteiger partial charge in [-0.05, 0) is 38.8 Å². The number of hydrogen-bond acceptors (Lipinski definition) is 4. The van der Waals surface area contributed by atoms with E-state index in [0.717, 1.165) is 44.7 Å². The first-order valence-electron chi connectivity index (χ1n) is 6.45. The van der Waals surface area contributed by atoms with Crippen LogP contribution in [0.4, 0.5) is 0 Å². The molecular formula is C13H28N2O2. The van der Waals surface area contributed by atoms with Gasteiger partial charge in [0, 0.05) is 25.8 Å². The average molecular weight is 244 g/mol. The molecule has 0 aromatic carbocycles. The van der Waals surface area contributed by atoms with Crippen LogP contribution in [0.3, 0.4) is 0 Å². The van der Waals surface area contributed by atoms with Gasteiger partial charge >= 0.3 is 0 Å². The molecule has 3 N–H and O–H groups in total. The Labute approximate surface area is 105 Å². The van der Waals surface area contributed by atoms with E-state index < -0.39 is 0 Å². The summed E-state index contributed by atoms with van der Waals surface area (Å²) in [5.41, 5.74) is 0.908. The van der Waals surface area contributed by atoms with Crippen molar-refractivity contribution in [1.82, 2.24) is 10.6 Å². The molecule has 0 unspecified atom stereocenters. The predicted molar refractivity (Wildman–Crippen MR) is 72.2 cm³/mol. The Morgan fingerprint density at radius 3 is 2.24 bits per heavy atom. The van der Waals surface area contributed by atoms with Crippen molar-refractivity contribution in [2.24, 2.45) is 0 Å².